The zero-order chi connectivity index (χ0) is 13.1. The van der Waals surface area contributed by atoms with E-state index in [0.29, 0.717) is 0 Å². The van der Waals surface area contributed by atoms with Gasteiger partial charge in [-0.05, 0) is 33.6 Å². The molecule has 98 valence electrons. The third kappa shape index (κ3) is 3.30. The second-order valence-electron chi connectivity index (χ2n) is 6.24. The molecule has 0 amide bonds. The summed E-state index contributed by atoms with van der Waals surface area (Å²) in [5.74, 6) is 0. The molecule has 0 saturated carbocycles. The predicted octanol–water partition coefficient (Wildman–Crippen LogP) is 3.89. The first-order chi connectivity index (χ1) is 7.83. The van der Waals surface area contributed by atoms with Crippen LogP contribution in [0.1, 0.15) is 72.9 Å². The van der Waals surface area contributed by atoms with Crippen LogP contribution in [0.5, 0.6) is 0 Å². The van der Waals surface area contributed by atoms with Gasteiger partial charge in [0.2, 0.25) is 0 Å². The minimum atomic E-state index is 0.0185. The van der Waals surface area contributed by atoms with Gasteiger partial charge in [0.05, 0.1) is 11.2 Å². The van der Waals surface area contributed by atoms with Crippen molar-refractivity contribution in [2.45, 2.75) is 78.2 Å². The number of unbranched alkanes of at least 4 members (excludes halogenated alkanes) is 1. The molecule has 1 atom stereocenters. The molecule has 1 unspecified atom stereocenters. The molecule has 0 radical (unpaired) electrons. The SMILES string of the molecule is CCCCC(C)(CC)c1cn(C(C)(C)C)nn1. The third-order valence-electron chi connectivity index (χ3n) is 3.66. The van der Waals surface area contributed by atoms with Crippen LogP contribution < -0.4 is 0 Å². The summed E-state index contributed by atoms with van der Waals surface area (Å²) in [4.78, 5) is 0. The lowest BCUT2D eigenvalue weighted by atomic mass is 9.79. The highest BCUT2D eigenvalue weighted by atomic mass is 15.4. The zero-order valence-corrected chi connectivity index (χ0v) is 12.2. The summed E-state index contributed by atoms with van der Waals surface area (Å²) in [7, 11) is 0. The molecule has 0 saturated heterocycles. The van der Waals surface area contributed by atoms with Gasteiger partial charge >= 0.3 is 0 Å². The predicted molar refractivity (Wildman–Crippen MR) is 72.2 cm³/mol. The fourth-order valence-corrected chi connectivity index (χ4v) is 1.92. The average Bonchev–Trinajstić information content (AvgIpc) is 2.75. The minimum Gasteiger partial charge on any atom is -0.247 e. The Morgan fingerprint density at radius 3 is 2.24 bits per heavy atom. The second-order valence-corrected chi connectivity index (χ2v) is 6.24. The van der Waals surface area contributed by atoms with E-state index in [1.807, 2.05) is 4.68 Å². The van der Waals surface area contributed by atoms with Crippen molar-refractivity contribution in [1.82, 2.24) is 15.0 Å². The van der Waals surface area contributed by atoms with Crippen LogP contribution in [-0.2, 0) is 11.0 Å². The van der Waals surface area contributed by atoms with Crippen molar-refractivity contribution in [2.24, 2.45) is 0 Å². The maximum Gasteiger partial charge on any atom is 0.0886 e. The third-order valence-corrected chi connectivity index (χ3v) is 3.66. The van der Waals surface area contributed by atoms with E-state index in [1.54, 1.807) is 0 Å². The lowest BCUT2D eigenvalue weighted by molar-refractivity contribution is 0.346. The average molecular weight is 237 g/mol. The van der Waals surface area contributed by atoms with Gasteiger partial charge < -0.3 is 0 Å². The molecule has 3 heteroatoms. The molecule has 0 fully saturated rings. The number of rotatable bonds is 5. The monoisotopic (exact) mass is 237 g/mol. The Hall–Kier alpha value is -0.860. The Kier molecular flexibility index (Phi) is 4.34. The topological polar surface area (TPSA) is 30.7 Å². The number of hydrogen-bond acceptors (Lipinski definition) is 2. The lowest BCUT2D eigenvalue weighted by Crippen LogP contribution is -2.23. The maximum atomic E-state index is 4.39. The Balaban J connectivity index is 2.93. The molecule has 0 aromatic carbocycles. The molecule has 1 heterocycles. The van der Waals surface area contributed by atoms with Crippen LogP contribution in [0, 0.1) is 0 Å². The summed E-state index contributed by atoms with van der Waals surface area (Å²) < 4.78 is 1.97. The molecule has 0 aliphatic carbocycles. The summed E-state index contributed by atoms with van der Waals surface area (Å²) in [6.45, 7) is 13.2. The molecular formula is C14H27N3. The highest BCUT2D eigenvalue weighted by Gasteiger charge is 2.28. The quantitative estimate of drug-likeness (QED) is 0.778. The van der Waals surface area contributed by atoms with Crippen molar-refractivity contribution in [3.8, 4) is 0 Å². The number of nitrogens with zero attached hydrogens (tertiary/aromatic N) is 3. The second kappa shape index (κ2) is 5.19. The van der Waals surface area contributed by atoms with E-state index in [-0.39, 0.29) is 11.0 Å². The van der Waals surface area contributed by atoms with Crippen molar-refractivity contribution in [3.63, 3.8) is 0 Å². The van der Waals surface area contributed by atoms with Gasteiger partial charge in [-0.3, -0.25) is 0 Å². The van der Waals surface area contributed by atoms with Gasteiger partial charge in [-0.15, -0.1) is 5.10 Å². The van der Waals surface area contributed by atoms with Gasteiger partial charge in [-0.25, -0.2) is 4.68 Å². The molecule has 17 heavy (non-hydrogen) atoms. The van der Waals surface area contributed by atoms with Gasteiger partial charge in [0.25, 0.3) is 0 Å². The largest absolute Gasteiger partial charge is 0.247 e. The number of hydrogen-bond donors (Lipinski definition) is 0. The highest BCUT2D eigenvalue weighted by molar-refractivity contribution is 5.10. The van der Waals surface area contributed by atoms with Gasteiger partial charge in [0.15, 0.2) is 0 Å². The van der Waals surface area contributed by atoms with Crippen molar-refractivity contribution >= 4 is 0 Å². The van der Waals surface area contributed by atoms with Crippen LogP contribution in [0.4, 0.5) is 0 Å². The fraction of sp³-hybridized carbons (Fsp3) is 0.857. The van der Waals surface area contributed by atoms with E-state index in [2.05, 4.69) is 58.1 Å². The first-order valence-corrected chi connectivity index (χ1v) is 6.77. The molecule has 0 spiro atoms. The Bertz CT molecular complexity index is 349. The van der Waals surface area contributed by atoms with Crippen molar-refractivity contribution in [3.05, 3.63) is 11.9 Å². The molecule has 1 rings (SSSR count). The standard InChI is InChI=1S/C14H27N3/c1-7-9-10-14(6,8-2)12-11-17(16-15-12)13(3,4)5/h11H,7-10H2,1-6H3. The zero-order valence-electron chi connectivity index (χ0n) is 12.2. The van der Waals surface area contributed by atoms with Crippen LogP contribution in [0.25, 0.3) is 0 Å². The summed E-state index contributed by atoms with van der Waals surface area (Å²) >= 11 is 0. The van der Waals surface area contributed by atoms with E-state index in [4.69, 9.17) is 0 Å². The summed E-state index contributed by atoms with van der Waals surface area (Å²) in [6, 6.07) is 0. The normalized spacial score (nSPS) is 15.9. The molecule has 0 N–H and O–H groups in total. The van der Waals surface area contributed by atoms with E-state index < -0.39 is 0 Å². The van der Waals surface area contributed by atoms with Crippen molar-refractivity contribution in [1.29, 1.82) is 0 Å². The lowest BCUT2D eigenvalue weighted by Gasteiger charge is -2.25. The summed E-state index contributed by atoms with van der Waals surface area (Å²) in [6.07, 6.45) is 6.94. The maximum absolute atomic E-state index is 4.39. The molecule has 0 aliphatic heterocycles. The van der Waals surface area contributed by atoms with Crippen LogP contribution in [0.3, 0.4) is 0 Å². The van der Waals surface area contributed by atoms with Crippen LogP contribution in [0.2, 0.25) is 0 Å². The Labute approximate surface area is 106 Å². The van der Waals surface area contributed by atoms with Crippen LogP contribution >= 0.6 is 0 Å². The van der Waals surface area contributed by atoms with E-state index in [1.165, 1.54) is 19.3 Å². The van der Waals surface area contributed by atoms with Crippen molar-refractivity contribution < 1.29 is 0 Å². The van der Waals surface area contributed by atoms with Gasteiger partial charge in [-0.2, -0.15) is 0 Å². The fourth-order valence-electron chi connectivity index (χ4n) is 1.92. The Morgan fingerprint density at radius 2 is 1.82 bits per heavy atom. The molecular weight excluding hydrogens is 210 g/mol. The van der Waals surface area contributed by atoms with Gasteiger partial charge in [-0.1, -0.05) is 38.8 Å². The molecule has 1 aromatic heterocycles. The van der Waals surface area contributed by atoms with Gasteiger partial charge in [0.1, 0.15) is 0 Å². The molecule has 0 aliphatic rings. The molecule has 3 nitrogen and oxygen atoms in total. The first kappa shape index (κ1) is 14.2. The van der Waals surface area contributed by atoms with Gasteiger partial charge in [0, 0.05) is 11.6 Å². The molecule has 1 aromatic rings. The van der Waals surface area contributed by atoms with E-state index in [9.17, 15) is 0 Å². The van der Waals surface area contributed by atoms with E-state index in [0.717, 1.165) is 12.1 Å². The molecule has 0 bridgehead atoms. The number of aromatic nitrogens is 3. The first-order valence-electron chi connectivity index (χ1n) is 6.77. The smallest absolute Gasteiger partial charge is 0.0886 e. The minimum absolute atomic E-state index is 0.0185. The Morgan fingerprint density at radius 1 is 1.18 bits per heavy atom. The van der Waals surface area contributed by atoms with Crippen LogP contribution in [0.15, 0.2) is 6.20 Å². The van der Waals surface area contributed by atoms with E-state index >= 15 is 0 Å². The highest BCUT2D eigenvalue weighted by Crippen LogP contribution is 2.32. The summed E-state index contributed by atoms with van der Waals surface area (Å²) in [5, 5.41) is 8.67. The van der Waals surface area contributed by atoms with Crippen molar-refractivity contribution in [2.75, 3.05) is 0 Å². The summed E-state index contributed by atoms with van der Waals surface area (Å²) in [5.41, 5.74) is 1.34. The van der Waals surface area contributed by atoms with Crippen LogP contribution in [-0.4, -0.2) is 15.0 Å².